The number of halogens is 4. The number of ether oxygens (including phenoxy) is 1. The van der Waals surface area contributed by atoms with Crippen LogP contribution in [-0.4, -0.2) is 28.1 Å². The van der Waals surface area contributed by atoms with Gasteiger partial charge in [0, 0.05) is 32.6 Å². The van der Waals surface area contributed by atoms with Crippen LogP contribution in [0.1, 0.15) is 33.2 Å². The van der Waals surface area contributed by atoms with E-state index in [2.05, 4.69) is 5.32 Å². The number of carboxylic acid groups (broad SMARTS) is 1. The van der Waals surface area contributed by atoms with Crippen LogP contribution in [0, 0.1) is 5.82 Å². The standard InChI is InChI=1S/C29H21Cl3FNO5/c30-19-6-3-17(4-7-19)27(22-11-8-20(31)15-23(22)32)39-26-12-5-18(14-24(26)33)28(36)34-25(29(37)38)13-16-1-9-21(35)10-2-16/h1-12,14-15,25,27,35H,13H2,(H,34,36)(H,37,38). The molecule has 3 N–H and O–H groups in total. The highest BCUT2D eigenvalue weighted by Crippen LogP contribution is 2.35. The Morgan fingerprint density at radius 2 is 1.54 bits per heavy atom. The highest BCUT2D eigenvalue weighted by molar-refractivity contribution is 6.35. The quantitative estimate of drug-likeness (QED) is 0.194. The first-order valence-corrected chi connectivity index (χ1v) is 12.7. The van der Waals surface area contributed by atoms with E-state index in [0.29, 0.717) is 31.8 Å². The minimum atomic E-state index is -1.28. The van der Waals surface area contributed by atoms with Crippen LogP contribution < -0.4 is 10.1 Å². The molecule has 0 aliphatic carbocycles. The molecule has 0 aromatic heterocycles. The summed E-state index contributed by atoms with van der Waals surface area (Å²) in [6, 6.07) is 19.9. The molecule has 0 aliphatic rings. The van der Waals surface area contributed by atoms with Gasteiger partial charge in [0.15, 0.2) is 17.7 Å². The van der Waals surface area contributed by atoms with Crippen molar-refractivity contribution in [1.82, 2.24) is 5.32 Å². The zero-order valence-corrected chi connectivity index (χ0v) is 22.3. The third kappa shape index (κ3) is 7.20. The Kier molecular flexibility index (Phi) is 8.97. The van der Waals surface area contributed by atoms with Gasteiger partial charge in [-0.3, -0.25) is 4.79 Å². The summed E-state index contributed by atoms with van der Waals surface area (Å²) in [7, 11) is 0. The van der Waals surface area contributed by atoms with E-state index >= 15 is 4.39 Å². The number of hydrogen-bond donors (Lipinski definition) is 3. The molecular weight excluding hydrogens is 568 g/mol. The largest absolute Gasteiger partial charge is 0.508 e. The van der Waals surface area contributed by atoms with Crippen molar-refractivity contribution in [3.63, 3.8) is 0 Å². The Morgan fingerprint density at radius 1 is 0.872 bits per heavy atom. The summed E-state index contributed by atoms with van der Waals surface area (Å²) in [6.45, 7) is 0. The topological polar surface area (TPSA) is 95.9 Å². The van der Waals surface area contributed by atoms with E-state index in [9.17, 15) is 19.8 Å². The van der Waals surface area contributed by atoms with Gasteiger partial charge in [-0.15, -0.1) is 0 Å². The van der Waals surface area contributed by atoms with Crippen LogP contribution in [0.2, 0.25) is 15.1 Å². The number of nitrogens with one attached hydrogen (secondary N) is 1. The predicted octanol–water partition coefficient (Wildman–Crippen LogP) is 7.09. The third-order valence-electron chi connectivity index (χ3n) is 5.84. The number of benzene rings is 4. The van der Waals surface area contributed by atoms with Crippen LogP contribution in [0.4, 0.5) is 4.39 Å². The number of amides is 1. The second kappa shape index (κ2) is 12.4. The van der Waals surface area contributed by atoms with E-state index < -0.39 is 29.8 Å². The summed E-state index contributed by atoms with van der Waals surface area (Å²) in [4.78, 5) is 24.5. The number of carbonyl (C=O) groups is 2. The minimum Gasteiger partial charge on any atom is -0.508 e. The monoisotopic (exact) mass is 587 g/mol. The summed E-state index contributed by atoms with van der Waals surface area (Å²) in [5, 5.41) is 22.6. The van der Waals surface area contributed by atoms with Crippen molar-refractivity contribution in [1.29, 1.82) is 0 Å². The number of carboxylic acids is 1. The lowest BCUT2D eigenvalue weighted by Gasteiger charge is -2.22. The summed E-state index contributed by atoms with van der Waals surface area (Å²) in [6.07, 6.45) is -0.863. The maximum Gasteiger partial charge on any atom is 0.326 e. The first kappa shape index (κ1) is 28.2. The predicted molar refractivity (Wildman–Crippen MR) is 147 cm³/mol. The van der Waals surface area contributed by atoms with Crippen LogP contribution >= 0.6 is 34.8 Å². The summed E-state index contributed by atoms with van der Waals surface area (Å²) in [5.41, 5.74) is 1.67. The average molecular weight is 589 g/mol. The zero-order chi connectivity index (χ0) is 28.1. The third-order valence-corrected chi connectivity index (χ3v) is 6.65. The van der Waals surface area contributed by atoms with Gasteiger partial charge in [0.05, 0.1) is 0 Å². The normalized spacial score (nSPS) is 12.4. The van der Waals surface area contributed by atoms with Gasteiger partial charge in [0.1, 0.15) is 11.8 Å². The molecule has 2 atom stereocenters. The molecule has 4 rings (SSSR count). The van der Waals surface area contributed by atoms with Gasteiger partial charge in [-0.1, -0.05) is 65.1 Å². The summed E-state index contributed by atoms with van der Waals surface area (Å²) >= 11 is 18.5. The molecule has 0 radical (unpaired) electrons. The van der Waals surface area contributed by atoms with Crippen LogP contribution in [0.5, 0.6) is 11.5 Å². The van der Waals surface area contributed by atoms with Gasteiger partial charge >= 0.3 is 5.97 Å². The first-order chi connectivity index (χ1) is 18.6. The fourth-order valence-electron chi connectivity index (χ4n) is 3.84. The molecule has 0 fully saturated rings. The molecule has 0 heterocycles. The van der Waals surface area contributed by atoms with E-state index in [4.69, 9.17) is 39.5 Å². The summed E-state index contributed by atoms with van der Waals surface area (Å²) in [5.74, 6) is -3.00. The highest BCUT2D eigenvalue weighted by Gasteiger charge is 2.24. The van der Waals surface area contributed by atoms with E-state index in [1.165, 1.54) is 24.3 Å². The first-order valence-electron chi connectivity index (χ1n) is 11.6. The molecule has 6 nitrogen and oxygen atoms in total. The fourth-order valence-corrected chi connectivity index (χ4v) is 4.47. The molecule has 0 spiro atoms. The van der Waals surface area contributed by atoms with E-state index in [1.54, 1.807) is 54.6 Å². The van der Waals surface area contributed by atoms with Crippen molar-refractivity contribution in [3.8, 4) is 11.5 Å². The van der Waals surface area contributed by atoms with E-state index in [-0.39, 0.29) is 23.5 Å². The van der Waals surface area contributed by atoms with Gasteiger partial charge in [-0.25, -0.2) is 9.18 Å². The Bertz CT molecular complexity index is 1500. The van der Waals surface area contributed by atoms with Crippen molar-refractivity contribution in [3.05, 3.63) is 128 Å². The lowest BCUT2D eigenvalue weighted by molar-refractivity contribution is -0.139. The maximum atomic E-state index is 15.2. The molecule has 0 aliphatic heterocycles. The number of carbonyl (C=O) groups excluding carboxylic acids is 1. The van der Waals surface area contributed by atoms with Crippen molar-refractivity contribution in [2.24, 2.45) is 0 Å². The molecule has 39 heavy (non-hydrogen) atoms. The lowest BCUT2D eigenvalue weighted by atomic mass is 10.0. The number of phenols is 1. The van der Waals surface area contributed by atoms with Crippen molar-refractivity contribution < 1.29 is 28.9 Å². The van der Waals surface area contributed by atoms with Gasteiger partial charge in [-0.2, -0.15) is 0 Å². The molecular formula is C29H21Cl3FNO5. The van der Waals surface area contributed by atoms with Gasteiger partial charge in [-0.05, 0) is 65.7 Å². The molecule has 4 aromatic carbocycles. The Labute approximate surface area is 238 Å². The number of aliphatic carboxylic acids is 1. The second-order valence-electron chi connectivity index (χ2n) is 8.60. The number of aromatic hydroxyl groups is 1. The smallest absolute Gasteiger partial charge is 0.326 e. The van der Waals surface area contributed by atoms with Crippen molar-refractivity contribution >= 4 is 46.7 Å². The zero-order valence-electron chi connectivity index (χ0n) is 20.1. The Morgan fingerprint density at radius 3 is 2.15 bits per heavy atom. The van der Waals surface area contributed by atoms with Gasteiger partial charge in [0.25, 0.3) is 5.91 Å². The molecule has 4 aromatic rings. The summed E-state index contributed by atoms with van der Waals surface area (Å²) < 4.78 is 21.2. The van der Waals surface area contributed by atoms with E-state index in [0.717, 1.165) is 6.07 Å². The van der Waals surface area contributed by atoms with Crippen LogP contribution in [0.25, 0.3) is 0 Å². The molecule has 2 unspecified atom stereocenters. The Hall–Kier alpha value is -3.78. The maximum absolute atomic E-state index is 15.2. The number of phenolic OH excluding ortho intramolecular Hbond substituents is 1. The minimum absolute atomic E-state index is 0.0316. The van der Waals surface area contributed by atoms with Crippen LogP contribution in [0.15, 0.2) is 84.9 Å². The van der Waals surface area contributed by atoms with Crippen molar-refractivity contribution in [2.75, 3.05) is 0 Å². The van der Waals surface area contributed by atoms with Gasteiger partial charge in [0.2, 0.25) is 0 Å². The average Bonchev–Trinajstić information content (AvgIpc) is 2.90. The SMILES string of the molecule is O=C(NC(Cc1ccc(O)cc1)C(=O)O)c1ccc(OC(c2ccc(Cl)cc2)c2ccc(Cl)cc2Cl)c(F)c1. The number of hydrogen-bond acceptors (Lipinski definition) is 4. The van der Waals surface area contributed by atoms with Crippen LogP contribution in [0.3, 0.4) is 0 Å². The van der Waals surface area contributed by atoms with Crippen LogP contribution in [-0.2, 0) is 11.2 Å². The Balaban J connectivity index is 1.56. The molecule has 0 saturated carbocycles. The van der Waals surface area contributed by atoms with E-state index in [1.807, 2.05) is 0 Å². The highest BCUT2D eigenvalue weighted by atomic mass is 35.5. The van der Waals surface area contributed by atoms with Crippen molar-refractivity contribution in [2.45, 2.75) is 18.6 Å². The molecule has 200 valence electrons. The molecule has 0 bridgehead atoms. The molecule has 0 saturated heterocycles. The molecule has 1 amide bonds. The second-order valence-corrected chi connectivity index (χ2v) is 9.88. The number of rotatable bonds is 9. The van der Waals surface area contributed by atoms with Gasteiger partial charge < -0.3 is 20.3 Å². The fraction of sp³-hybridized carbons (Fsp3) is 0.103. The molecule has 10 heteroatoms. The lowest BCUT2D eigenvalue weighted by Crippen LogP contribution is -2.42.